The lowest BCUT2D eigenvalue weighted by Gasteiger charge is -2.28. The van der Waals surface area contributed by atoms with E-state index in [-0.39, 0.29) is 27.7 Å². The van der Waals surface area contributed by atoms with Crippen molar-refractivity contribution in [1.82, 2.24) is 4.72 Å². The number of rotatable bonds is 4. The third kappa shape index (κ3) is 3.36. The number of ether oxygens (including phenoxy) is 1. The lowest BCUT2D eigenvalue weighted by molar-refractivity contribution is 0.0957. The van der Waals surface area contributed by atoms with Crippen molar-refractivity contribution in [2.45, 2.75) is 43.4 Å². The Balaban J connectivity index is 2.40. The number of benzene rings is 1. The van der Waals surface area contributed by atoms with E-state index in [9.17, 15) is 13.5 Å². The average molecular weight is 354 g/mol. The number of aliphatic hydroxyl groups is 1. The molecular weight excluding hydrogens is 337 g/mol. The monoisotopic (exact) mass is 353 g/mol. The van der Waals surface area contributed by atoms with Crippen molar-refractivity contribution in [3.63, 3.8) is 0 Å². The first-order chi connectivity index (χ1) is 9.69. The van der Waals surface area contributed by atoms with Crippen LogP contribution in [0.3, 0.4) is 0 Å². The van der Waals surface area contributed by atoms with Crippen LogP contribution < -0.4 is 4.72 Å². The van der Waals surface area contributed by atoms with Crippen LogP contribution >= 0.6 is 23.2 Å². The van der Waals surface area contributed by atoms with E-state index in [0.717, 1.165) is 0 Å². The van der Waals surface area contributed by atoms with Crippen LogP contribution in [0, 0.1) is 0 Å². The van der Waals surface area contributed by atoms with Gasteiger partial charge in [0.15, 0.2) is 0 Å². The average Bonchev–Trinajstić information content (AvgIpc) is 2.68. The van der Waals surface area contributed by atoms with Crippen molar-refractivity contribution in [1.29, 1.82) is 0 Å². The molecule has 1 heterocycles. The number of sulfonamides is 1. The lowest BCUT2D eigenvalue weighted by Crippen LogP contribution is -2.50. The molecule has 118 valence electrons. The second-order valence-corrected chi connectivity index (χ2v) is 7.78. The highest BCUT2D eigenvalue weighted by atomic mass is 35.5. The van der Waals surface area contributed by atoms with Crippen LogP contribution in [0.4, 0.5) is 0 Å². The summed E-state index contributed by atoms with van der Waals surface area (Å²) in [6.07, 6.45) is 0.335. The Morgan fingerprint density at radius 3 is 2.62 bits per heavy atom. The smallest absolute Gasteiger partial charge is 0.242 e. The van der Waals surface area contributed by atoms with Gasteiger partial charge in [0.2, 0.25) is 10.0 Å². The topological polar surface area (TPSA) is 75.6 Å². The fourth-order valence-electron chi connectivity index (χ4n) is 2.23. The van der Waals surface area contributed by atoms with E-state index in [1.54, 1.807) is 6.92 Å². The fourth-order valence-corrected chi connectivity index (χ4v) is 4.58. The quantitative estimate of drug-likeness (QED) is 0.870. The normalized spacial score (nSPS) is 26.2. The summed E-state index contributed by atoms with van der Waals surface area (Å²) in [5.74, 6) is 0. The first-order valence-corrected chi connectivity index (χ1v) is 8.68. The molecule has 0 amide bonds. The van der Waals surface area contributed by atoms with Crippen molar-refractivity contribution < 1.29 is 18.3 Å². The number of halogens is 2. The molecule has 1 saturated heterocycles. The third-order valence-electron chi connectivity index (χ3n) is 3.81. The van der Waals surface area contributed by atoms with Crippen LogP contribution in [0.25, 0.3) is 0 Å². The highest BCUT2D eigenvalue weighted by Crippen LogP contribution is 2.32. The molecule has 0 bridgehead atoms. The summed E-state index contributed by atoms with van der Waals surface area (Å²) in [6.45, 7) is 3.74. The summed E-state index contributed by atoms with van der Waals surface area (Å²) in [6, 6.07) is 2.61. The van der Waals surface area contributed by atoms with Crippen LogP contribution in [0.2, 0.25) is 10.0 Å². The van der Waals surface area contributed by atoms with Gasteiger partial charge in [0.25, 0.3) is 0 Å². The largest absolute Gasteiger partial charge is 0.392 e. The molecule has 2 unspecified atom stereocenters. The molecule has 0 radical (unpaired) electrons. The Kier molecular flexibility index (Phi) is 4.87. The number of nitrogens with one attached hydrogen (secondary N) is 1. The van der Waals surface area contributed by atoms with Gasteiger partial charge in [-0.2, -0.15) is 0 Å². The summed E-state index contributed by atoms with van der Waals surface area (Å²) in [4.78, 5) is -0.0991. The summed E-state index contributed by atoms with van der Waals surface area (Å²) >= 11 is 11.9. The van der Waals surface area contributed by atoms with Gasteiger partial charge in [-0.25, -0.2) is 13.1 Å². The van der Waals surface area contributed by atoms with Gasteiger partial charge in [0.05, 0.1) is 23.3 Å². The predicted octanol–water partition coefficient (Wildman–Crippen LogP) is 2.33. The van der Waals surface area contributed by atoms with Gasteiger partial charge in [-0.3, -0.25) is 0 Å². The van der Waals surface area contributed by atoms with Crippen molar-refractivity contribution in [2.75, 3.05) is 6.61 Å². The van der Waals surface area contributed by atoms with Crippen molar-refractivity contribution >= 4 is 33.2 Å². The minimum atomic E-state index is -3.85. The van der Waals surface area contributed by atoms with Gasteiger partial charge in [-0.15, -0.1) is 0 Å². The lowest BCUT2D eigenvalue weighted by atomic mass is 9.97. The van der Waals surface area contributed by atoms with E-state index < -0.39 is 15.6 Å². The zero-order valence-corrected chi connectivity index (χ0v) is 14.0. The SMILES string of the molecule is CC1OCCC1(C)NS(=O)(=O)c1cc(CO)c(Cl)cc1Cl. The Labute approximate surface area is 134 Å². The molecule has 8 heteroatoms. The second kappa shape index (κ2) is 6.02. The standard InChI is InChI=1S/C13H17Cl2NO4S/c1-8-13(2,3-4-20-8)16-21(18,19)12-5-9(7-17)10(14)6-11(12)15/h5-6,8,16-17H,3-4,7H2,1-2H3. The zero-order valence-electron chi connectivity index (χ0n) is 11.7. The molecule has 1 aromatic rings. The number of hydrogen-bond donors (Lipinski definition) is 2. The molecule has 0 saturated carbocycles. The van der Waals surface area contributed by atoms with Gasteiger partial charge in [0.1, 0.15) is 4.90 Å². The second-order valence-electron chi connectivity index (χ2n) is 5.32. The van der Waals surface area contributed by atoms with E-state index >= 15 is 0 Å². The maximum absolute atomic E-state index is 12.6. The maximum Gasteiger partial charge on any atom is 0.242 e. The van der Waals surface area contributed by atoms with Gasteiger partial charge in [-0.05, 0) is 38.0 Å². The fraction of sp³-hybridized carbons (Fsp3) is 0.538. The maximum atomic E-state index is 12.6. The Hall–Kier alpha value is -0.370. The van der Waals surface area contributed by atoms with Gasteiger partial charge < -0.3 is 9.84 Å². The van der Waals surface area contributed by atoms with E-state index in [1.165, 1.54) is 12.1 Å². The van der Waals surface area contributed by atoms with E-state index in [4.69, 9.17) is 27.9 Å². The summed E-state index contributed by atoms with van der Waals surface area (Å²) < 4.78 is 33.2. The molecule has 1 aliphatic heterocycles. The minimum Gasteiger partial charge on any atom is -0.392 e. The molecule has 21 heavy (non-hydrogen) atoms. The molecule has 1 aliphatic rings. The van der Waals surface area contributed by atoms with Crippen molar-refractivity contribution in [3.8, 4) is 0 Å². The molecule has 0 spiro atoms. The first-order valence-electron chi connectivity index (χ1n) is 6.44. The molecule has 0 aliphatic carbocycles. The Bertz CT molecular complexity index is 650. The van der Waals surface area contributed by atoms with Crippen LogP contribution in [0.15, 0.2) is 17.0 Å². The number of aliphatic hydroxyl groups excluding tert-OH is 1. The molecule has 5 nitrogen and oxygen atoms in total. The molecular formula is C13H17Cl2NO4S. The third-order valence-corrected chi connectivity index (χ3v) is 6.24. The molecule has 2 rings (SSSR count). The van der Waals surface area contributed by atoms with Crippen LogP contribution in [0.5, 0.6) is 0 Å². The Morgan fingerprint density at radius 1 is 1.43 bits per heavy atom. The van der Waals surface area contributed by atoms with Crippen LogP contribution in [0.1, 0.15) is 25.8 Å². The molecule has 2 atom stereocenters. The zero-order chi connectivity index (χ0) is 15.8. The van der Waals surface area contributed by atoms with Crippen molar-refractivity contribution in [3.05, 3.63) is 27.7 Å². The van der Waals surface area contributed by atoms with E-state index in [2.05, 4.69) is 4.72 Å². The van der Waals surface area contributed by atoms with Crippen LogP contribution in [-0.2, 0) is 21.4 Å². The summed E-state index contributed by atoms with van der Waals surface area (Å²) in [5.41, 5.74) is -0.386. The number of hydrogen-bond acceptors (Lipinski definition) is 4. The van der Waals surface area contributed by atoms with Crippen LogP contribution in [-0.4, -0.2) is 31.8 Å². The van der Waals surface area contributed by atoms with E-state index in [1.807, 2.05) is 6.92 Å². The minimum absolute atomic E-state index is 0.0138. The van der Waals surface area contributed by atoms with E-state index in [0.29, 0.717) is 18.6 Å². The summed E-state index contributed by atoms with van der Waals surface area (Å²) in [7, 11) is -3.85. The molecule has 1 fully saturated rings. The molecule has 0 aromatic heterocycles. The van der Waals surface area contributed by atoms with Gasteiger partial charge in [-0.1, -0.05) is 23.2 Å². The van der Waals surface area contributed by atoms with Gasteiger partial charge >= 0.3 is 0 Å². The Morgan fingerprint density at radius 2 is 2.10 bits per heavy atom. The highest BCUT2D eigenvalue weighted by Gasteiger charge is 2.41. The molecule has 1 aromatic carbocycles. The highest BCUT2D eigenvalue weighted by molar-refractivity contribution is 7.89. The molecule has 2 N–H and O–H groups in total. The summed E-state index contributed by atoms with van der Waals surface area (Å²) in [5, 5.41) is 9.45. The van der Waals surface area contributed by atoms with Crippen molar-refractivity contribution in [2.24, 2.45) is 0 Å². The predicted molar refractivity (Wildman–Crippen MR) is 81.1 cm³/mol. The first kappa shape index (κ1) is 17.0. The van der Waals surface area contributed by atoms with Gasteiger partial charge in [0, 0.05) is 11.6 Å².